The molecular formula is C14H17F3N2O3S. The van der Waals surface area contributed by atoms with Crippen LogP contribution < -0.4 is 4.72 Å². The Kier molecular flexibility index (Phi) is 5.18. The predicted molar refractivity (Wildman–Crippen MR) is 78.9 cm³/mol. The molecule has 5 nitrogen and oxygen atoms in total. The molecule has 9 heteroatoms. The molecule has 0 saturated carbocycles. The van der Waals surface area contributed by atoms with Gasteiger partial charge in [0.2, 0.25) is 5.91 Å². The third kappa shape index (κ3) is 4.37. The number of halogens is 3. The van der Waals surface area contributed by atoms with Crippen LogP contribution in [0.3, 0.4) is 0 Å². The lowest BCUT2D eigenvalue weighted by molar-refractivity contribution is -0.131. The largest absolute Gasteiger partial charge is 0.516 e. The van der Waals surface area contributed by atoms with Gasteiger partial charge in [-0.25, -0.2) is 0 Å². The van der Waals surface area contributed by atoms with Crippen molar-refractivity contribution >= 4 is 21.6 Å². The first-order valence-corrected chi connectivity index (χ1v) is 8.64. The second kappa shape index (κ2) is 6.77. The maximum atomic E-state index is 12.5. The van der Waals surface area contributed by atoms with E-state index in [4.69, 9.17) is 0 Å². The summed E-state index contributed by atoms with van der Waals surface area (Å²) in [5.41, 5.74) is -5.23. The van der Waals surface area contributed by atoms with Gasteiger partial charge in [-0.15, -0.1) is 0 Å². The Hall–Kier alpha value is -1.77. The molecule has 0 aliphatic carbocycles. The number of hydrogen-bond acceptors (Lipinski definition) is 3. The molecule has 23 heavy (non-hydrogen) atoms. The van der Waals surface area contributed by atoms with E-state index in [0.717, 1.165) is 19.3 Å². The first-order chi connectivity index (χ1) is 10.7. The smallest absolute Gasteiger partial charge is 0.338 e. The van der Waals surface area contributed by atoms with Crippen molar-refractivity contribution in [3.63, 3.8) is 0 Å². The molecule has 1 aliphatic heterocycles. The van der Waals surface area contributed by atoms with E-state index in [0.29, 0.717) is 18.5 Å². The van der Waals surface area contributed by atoms with Crippen LogP contribution in [0.15, 0.2) is 24.3 Å². The molecule has 1 aliphatic rings. The molecule has 0 atom stereocenters. The van der Waals surface area contributed by atoms with Gasteiger partial charge in [0.05, 0.1) is 5.69 Å². The van der Waals surface area contributed by atoms with Gasteiger partial charge in [0.15, 0.2) is 0 Å². The number of alkyl halides is 3. The number of nitrogens with zero attached hydrogens (tertiary/aromatic N) is 1. The minimum atomic E-state index is -5.49. The molecule has 128 valence electrons. The van der Waals surface area contributed by atoms with Crippen molar-refractivity contribution in [2.75, 3.05) is 11.3 Å². The molecule has 0 unspecified atom stereocenters. The first-order valence-electron chi connectivity index (χ1n) is 7.15. The molecular weight excluding hydrogens is 333 g/mol. The van der Waals surface area contributed by atoms with Crippen LogP contribution in [-0.2, 0) is 21.4 Å². The monoisotopic (exact) mass is 350 g/mol. The average molecular weight is 350 g/mol. The Morgan fingerprint density at radius 3 is 2.52 bits per heavy atom. The highest BCUT2D eigenvalue weighted by Crippen LogP contribution is 2.28. The topological polar surface area (TPSA) is 66.5 Å². The number of carbonyl (C=O) groups is 1. The number of rotatable bonds is 4. The van der Waals surface area contributed by atoms with E-state index in [2.05, 4.69) is 0 Å². The number of nitrogens with one attached hydrogen (secondary N) is 1. The van der Waals surface area contributed by atoms with Gasteiger partial charge in [-0.1, -0.05) is 24.6 Å². The first kappa shape index (κ1) is 17.6. The van der Waals surface area contributed by atoms with Gasteiger partial charge in [-0.2, -0.15) is 21.6 Å². The third-order valence-electron chi connectivity index (χ3n) is 3.60. The van der Waals surface area contributed by atoms with E-state index in [1.165, 1.54) is 18.2 Å². The van der Waals surface area contributed by atoms with E-state index in [1.807, 2.05) is 0 Å². The molecule has 0 aromatic heterocycles. The van der Waals surface area contributed by atoms with E-state index in [1.54, 1.807) is 15.7 Å². The van der Waals surface area contributed by atoms with E-state index in [-0.39, 0.29) is 18.1 Å². The lowest BCUT2D eigenvalue weighted by Crippen LogP contribution is -2.32. The fourth-order valence-electron chi connectivity index (χ4n) is 2.37. The van der Waals surface area contributed by atoms with Crippen LogP contribution in [0.4, 0.5) is 18.9 Å². The van der Waals surface area contributed by atoms with Gasteiger partial charge in [0.1, 0.15) is 0 Å². The summed E-state index contributed by atoms with van der Waals surface area (Å²) in [6.45, 7) is 0.592. The Bertz CT molecular complexity index is 674. The van der Waals surface area contributed by atoms with Gasteiger partial charge < -0.3 is 4.90 Å². The Morgan fingerprint density at radius 1 is 1.13 bits per heavy atom. The maximum absolute atomic E-state index is 12.5. The molecule has 2 rings (SSSR count). The van der Waals surface area contributed by atoms with Crippen LogP contribution in [0.2, 0.25) is 0 Å². The Balaban J connectivity index is 2.22. The summed E-state index contributed by atoms with van der Waals surface area (Å²) < 4.78 is 61.6. The molecule has 0 spiro atoms. The van der Waals surface area contributed by atoms with Crippen LogP contribution in [-0.4, -0.2) is 31.3 Å². The van der Waals surface area contributed by atoms with Crippen LogP contribution in [0.25, 0.3) is 0 Å². The second-order valence-electron chi connectivity index (χ2n) is 5.33. The van der Waals surface area contributed by atoms with Crippen LogP contribution in [0, 0.1) is 0 Å². The summed E-state index contributed by atoms with van der Waals surface area (Å²) in [6, 6.07) is 5.78. The Labute approximate surface area is 132 Å². The van der Waals surface area contributed by atoms with Gasteiger partial charge >= 0.3 is 15.5 Å². The van der Waals surface area contributed by atoms with E-state index in [9.17, 15) is 26.4 Å². The number of likely N-dealkylation sites (tertiary alicyclic amines) is 1. The molecule has 1 amide bonds. The lowest BCUT2D eigenvalue weighted by Gasteiger charge is -2.22. The number of amides is 1. The zero-order chi connectivity index (χ0) is 17.1. The third-order valence-corrected chi connectivity index (χ3v) is 4.70. The van der Waals surface area contributed by atoms with Crippen molar-refractivity contribution in [1.82, 2.24) is 4.90 Å². The molecule has 1 N–H and O–H groups in total. The zero-order valence-corrected chi connectivity index (χ0v) is 13.1. The van der Waals surface area contributed by atoms with Gasteiger partial charge in [0.25, 0.3) is 0 Å². The minimum absolute atomic E-state index is 0.0732. The molecule has 1 fully saturated rings. The molecule has 0 radical (unpaired) electrons. The van der Waals surface area contributed by atoms with Crippen LogP contribution >= 0.6 is 0 Å². The summed E-state index contributed by atoms with van der Waals surface area (Å²) in [5.74, 6) is -0.0732. The zero-order valence-electron chi connectivity index (χ0n) is 12.3. The summed E-state index contributed by atoms with van der Waals surface area (Å²) in [6.07, 6.45) is 2.93. The average Bonchev–Trinajstić information content (AvgIpc) is 2.65. The standard InChI is InChI=1S/C14H17F3N2O3S/c15-14(16,17)23(21,22)18-12-7-4-3-6-11(12)10-19-9-5-1-2-8-13(19)20/h3-4,6-7,18H,1-2,5,8-10H2. The highest BCUT2D eigenvalue weighted by atomic mass is 32.2. The fraction of sp³-hybridized carbons (Fsp3) is 0.500. The number of sulfonamides is 1. The molecule has 1 heterocycles. The van der Waals surface area contributed by atoms with Crippen LogP contribution in [0.1, 0.15) is 31.2 Å². The highest BCUT2D eigenvalue weighted by Gasteiger charge is 2.46. The summed E-state index contributed by atoms with van der Waals surface area (Å²) in [7, 11) is -5.49. The fourth-order valence-corrected chi connectivity index (χ4v) is 2.98. The lowest BCUT2D eigenvalue weighted by atomic mass is 10.1. The summed E-state index contributed by atoms with van der Waals surface area (Å²) >= 11 is 0. The molecule has 1 saturated heterocycles. The molecule has 1 aromatic rings. The normalized spacial score (nSPS) is 17.0. The van der Waals surface area contributed by atoms with E-state index >= 15 is 0 Å². The van der Waals surface area contributed by atoms with Crippen LogP contribution in [0.5, 0.6) is 0 Å². The van der Waals surface area contributed by atoms with Crippen molar-refractivity contribution in [3.05, 3.63) is 29.8 Å². The second-order valence-corrected chi connectivity index (χ2v) is 7.01. The number of benzene rings is 1. The number of para-hydroxylation sites is 1. The van der Waals surface area contributed by atoms with E-state index < -0.39 is 15.5 Å². The van der Waals surface area contributed by atoms with Crippen molar-refractivity contribution in [1.29, 1.82) is 0 Å². The van der Waals surface area contributed by atoms with Gasteiger partial charge in [0, 0.05) is 19.5 Å². The summed E-state index contributed by atoms with van der Waals surface area (Å²) in [5, 5.41) is 0. The number of hydrogen-bond donors (Lipinski definition) is 1. The maximum Gasteiger partial charge on any atom is 0.516 e. The Morgan fingerprint density at radius 2 is 1.83 bits per heavy atom. The highest BCUT2D eigenvalue weighted by molar-refractivity contribution is 7.93. The summed E-state index contributed by atoms with van der Waals surface area (Å²) in [4.78, 5) is 13.5. The SMILES string of the molecule is O=C1CCCCCN1Cc1ccccc1NS(=O)(=O)C(F)(F)F. The minimum Gasteiger partial charge on any atom is -0.338 e. The number of anilines is 1. The molecule has 1 aromatic carbocycles. The van der Waals surface area contributed by atoms with Gasteiger partial charge in [-0.05, 0) is 24.5 Å². The van der Waals surface area contributed by atoms with Crippen molar-refractivity contribution < 1.29 is 26.4 Å². The molecule has 0 bridgehead atoms. The number of carbonyl (C=O) groups excluding carboxylic acids is 1. The van der Waals surface area contributed by atoms with Gasteiger partial charge in [-0.3, -0.25) is 9.52 Å². The quantitative estimate of drug-likeness (QED) is 0.908. The van der Waals surface area contributed by atoms with Crippen molar-refractivity contribution in [2.24, 2.45) is 0 Å². The van der Waals surface area contributed by atoms with Crippen molar-refractivity contribution in [2.45, 2.75) is 37.7 Å². The predicted octanol–water partition coefficient (Wildman–Crippen LogP) is 2.85. The van der Waals surface area contributed by atoms with Crippen molar-refractivity contribution in [3.8, 4) is 0 Å².